The average molecular weight is 231 g/mol. The zero-order valence-electron chi connectivity index (χ0n) is 1.75. The monoisotopic (exact) mass is 233 g/mol. The van der Waals surface area contributed by atoms with E-state index in [-0.39, 0.29) is 72.9 Å². The Labute approximate surface area is 72.1 Å². The SMILES string of the molecule is [Al].[Cr].[Fe].[Mo]. The van der Waals surface area contributed by atoms with Gasteiger partial charge in [-0.3, -0.25) is 0 Å². The van der Waals surface area contributed by atoms with Crippen molar-refractivity contribution in [2.24, 2.45) is 0 Å². The second-order valence-electron chi connectivity index (χ2n) is 0. The standard InChI is InChI=1S/Al.Cr.Fe.Mo. The molecule has 0 bridgehead atoms. The Morgan fingerprint density at radius 2 is 1.00 bits per heavy atom. The molecule has 0 heterocycles. The van der Waals surface area contributed by atoms with E-state index in [9.17, 15) is 0 Å². The Bertz CT molecular complexity index is 8.00. The van der Waals surface area contributed by atoms with Gasteiger partial charge in [-0.15, -0.1) is 0 Å². The number of rotatable bonds is 0. The van der Waals surface area contributed by atoms with Gasteiger partial charge in [0.25, 0.3) is 0 Å². The van der Waals surface area contributed by atoms with Crippen LogP contribution in [0, 0.1) is 0 Å². The zero-order valence-corrected chi connectivity index (χ0v) is 7.29. The van der Waals surface area contributed by atoms with Crippen LogP contribution in [0.4, 0.5) is 0 Å². The molecule has 0 unspecified atom stereocenters. The zero-order chi connectivity index (χ0) is 0. The molecule has 0 saturated carbocycles. The molecule has 0 aromatic heterocycles. The Balaban J connectivity index is 0. The smallest absolute Gasteiger partial charge is 0 e. The molecule has 0 aliphatic carbocycles. The molecule has 0 aromatic rings. The summed E-state index contributed by atoms with van der Waals surface area (Å²) >= 11 is 0. The van der Waals surface area contributed by atoms with E-state index in [1.807, 2.05) is 0 Å². The van der Waals surface area contributed by atoms with Crippen molar-refractivity contribution < 1.29 is 55.5 Å². The summed E-state index contributed by atoms with van der Waals surface area (Å²) in [6.07, 6.45) is 0. The van der Waals surface area contributed by atoms with Crippen molar-refractivity contribution in [3.8, 4) is 0 Å². The predicted octanol–water partition coefficient (Wildman–Crippen LogP) is -0.388. The van der Waals surface area contributed by atoms with Gasteiger partial charge < -0.3 is 0 Å². The minimum absolute atomic E-state index is 0. The van der Waals surface area contributed by atoms with Crippen molar-refractivity contribution in [2.45, 2.75) is 0 Å². The molecule has 0 aliphatic heterocycles. The first-order valence-corrected chi connectivity index (χ1v) is 0. The molecule has 0 fully saturated rings. The summed E-state index contributed by atoms with van der Waals surface area (Å²) in [6, 6.07) is 0. The van der Waals surface area contributed by atoms with Gasteiger partial charge in [-0.1, -0.05) is 0 Å². The van der Waals surface area contributed by atoms with E-state index in [2.05, 4.69) is 0 Å². The third-order valence-electron chi connectivity index (χ3n) is 0. The molecule has 4 heavy (non-hydrogen) atoms. The molecular formula is AlCrFeMo. The molecule has 0 amide bonds. The summed E-state index contributed by atoms with van der Waals surface area (Å²) < 4.78 is 0. The van der Waals surface area contributed by atoms with Gasteiger partial charge in [0, 0.05) is 72.9 Å². The van der Waals surface area contributed by atoms with Crippen LogP contribution in [0.2, 0.25) is 0 Å². The molecule has 4 heteroatoms. The second-order valence-corrected chi connectivity index (χ2v) is 0. The molecular weight excluding hydrogens is 231 g/mol. The number of hydrogen-bond donors (Lipinski definition) is 0. The van der Waals surface area contributed by atoms with Crippen molar-refractivity contribution >= 4 is 17.4 Å². The molecule has 0 spiro atoms. The molecule has 0 aromatic carbocycles. The van der Waals surface area contributed by atoms with Crippen LogP contribution in [0.15, 0.2) is 0 Å². The summed E-state index contributed by atoms with van der Waals surface area (Å²) in [4.78, 5) is 0. The van der Waals surface area contributed by atoms with E-state index < -0.39 is 0 Å². The Hall–Kier alpha value is 2.27. The maximum atomic E-state index is 0. The van der Waals surface area contributed by atoms with Crippen LogP contribution < -0.4 is 0 Å². The van der Waals surface area contributed by atoms with E-state index >= 15 is 0 Å². The van der Waals surface area contributed by atoms with Crippen molar-refractivity contribution in [3.05, 3.63) is 0 Å². The van der Waals surface area contributed by atoms with Crippen LogP contribution in [0.25, 0.3) is 0 Å². The first kappa shape index (κ1) is 33.8. The van der Waals surface area contributed by atoms with E-state index in [0.717, 1.165) is 0 Å². The van der Waals surface area contributed by atoms with Crippen LogP contribution in [0.5, 0.6) is 0 Å². The predicted molar refractivity (Wildman–Crippen MR) is 5.75 cm³/mol. The fraction of sp³-hybridized carbons (Fsp3) is 0. The third-order valence-corrected chi connectivity index (χ3v) is 0. The Morgan fingerprint density at radius 3 is 1.00 bits per heavy atom. The molecule has 0 rings (SSSR count). The fourth-order valence-corrected chi connectivity index (χ4v) is 0. The van der Waals surface area contributed by atoms with Gasteiger partial charge in [-0.05, 0) is 0 Å². The van der Waals surface area contributed by atoms with Gasteiger partial charge in [0.1, 0.15) is 0 Å². The summed E-state index contributed by atoms with van der Waals surface area (Å²) in [5.74, 6) is 0. The first-order valence-electron chi connectivity index (χ1n) is 0. The van der Waals surface area contributed by atoms with Crippen LogP contribution in [0.1, 0.15) is 0 Å². The van der Waals surface area contributed by atoms with Gasteiger partial charge >= 0.3 is 0 Å². The largest absolute Gasteiger partial charge is 0 e. The third kappa shape index (κ3) is 8.86. The average Bonchev–Trinajstić information content (AvgIpc) is 0. The van der Waals surface area contributed by atoms with Crippen molar-refractivity contribution in [1.82, 2.24) is 0 Å². The molecule has 0 atom stereocenters. The van der Waals surface area contributed by atoms with Crippen LogP contribution in [-0.4, -0.2) is 17.4 Å². The van der Waals surface area contributed by atoms with Crippen LogP contribution in [0.3, 0.4) is 0 Å². The second kappa shape index (κ2) is 18.6. The fourth-order valence-electron chi connectivity index (χ4n) is 0. The molecule has 3 radical (unpaired) electrons. The van der Waals surface area contributed by atoms with Crippen molar-refractivity contribution in [3.63, 3.8) is 0 Å². The van der Waals surface area contributed by atoms with Crippen molar-refractivity contribution in [2.75, 3.05) is 0 Å². The van der Waals surface area contributed by atoms with Gasteiger partial charge in [-0.25, -0.2) is 0 Å². The maximum absolute atomic E-state index is 0. The topological polar surface area (TPSA) is 0 Å². The quantitative estimate of drug-likeness (QED) is 0.498. The van der Waals surface area contributed by atoms with E-state index in [1.54, 1.807) is 0 Å². The minimum Gasteiger partial charge on any atom is 0 e. The molecule has 0 N–H and O–H groups in total. The summed E-state index contributed by atoms with van der Waals surface area (Å²) in [6.45, 7) is 0. The van der Waals surface area contributed by atoms with Gasteiger partial charge in [0.15, 0.2) is 0 Å². The maximum Gasteiger partial charge on any atom is 0 e. The Morgan fingerprint density at radius 1 is 1.00 bits per heavy atom. The van der Waals surface area contributed by atoms with Crippen molar-refractivity contribution in [1.29, 1.82) is 0 Å². The van der Waals surface area contributed by atoms with Gasteiger partial charge in [0.05, 0.1) is 0 Å². The van der Waals surface area contributed by atoms with E-state index in [4.69, 9.17) is 0 Å². The normalized spacial score (nSPS) is 0. The van der Waals surface area contributed by atoms with Crippen LogP contribution in [-0.2, 0) is 55.5 Å². The minimum atomic E-state index is 0. The number of hydrogen-bond acceptors (Lipinski definition) is 0. The van der Waals surface area contributed by atoms with E-state index in [0.29, 0.717) is 0 Å². The molecule has 23 valence electrons. The summed E-state index contributed by atoms with van der Waals surface area (Å²) in [7, 11) is 0. The van der Waals surface area contributed by atoms with Crippen LogP contribution >= 0.6 is 0 Å². The first-order chi connectivity index (χ1) is 0. The van der Waals surface area contributed by atoms with E-state index in [1.165, 1.54) is 0 Å². The van der Waals surface area contributed by atoms with Gasteiger partial charge in [0.2, 0.25) is 0 Å². The summed E-state index contributed by atoms with van der Waals surface area (Å²) in [5, 5.41) is 0. The Kier molecular flexibility index (Phi) is 157. The van der Waals surface area contributed by atoms with Gasteiger partial charge in [-0.2, -0.15) is 0 Å². The molecule has 0 aliphatic rings. The molecule has 0 nitrogen and oxygen atoms in total. The molecule has 0 saturated heterocycles. The summed E-state index contributed by atoms with van der Waals surface area (Å²) in [5.41, 5.74) is 0.